The lowest BCUT2D eigenvalue weighted by Crippen LogP contribution is -2.43. The fourth-order valence-corrected chi connectivity index (χ4v) is 2.78. The molecule has 0 bridgehead atoms. The third-order valence-electron chi connectivity index (χ3n) is 4.79. The Labute approximate surface area is 123 Å². The van der Waals surface area contributed by atoms with Gasteiger partial charge in [-0.05, 0) is 49.8 Å². The van der Waals surface area contributed by atoms with Crippen LogP contribution in [-0.4, -0.2) is 35.1 Å². The van der Waals surface area contributed by atoms with Crippen molar-refractivity contribution < 1.29 is 14.7 Å². The highest BCUT2D eigenvalue weighted by molar-refractivity contribution is 5.90. The van der Waals surface area contributed by atoms with Gasteiger partial charge in [0.15, 0.2) is 0 Å². The summed E-state index contributed by atoms with van der Waals surface area (Å²) in [5.74, 6) is -0.760. The highest BCUT2D eigenvalue weighted by atomic mass is 16.4. The summed E-state index contributed by atoms with van der Waals surface area (Å²) in [6.07, 6.45) is 4.72. The highest BCUT2D eigenvalue weighted by Gasteiger charge is 2.51. The second-order valence-corrected chi connectivity index (χ2v) is 6.09. The van der Waals surface area contributed by atoms with Crippen LogP contribution in [0.15, 0.2) is 24.3 Å². The van der Waals surface area contributed by atoms with Gasteiger partial charge in [-0.2, -0.15) is 0 Å². The Morgan fingerprint density at radius 3 is 2.29 bits per heavy atom. The molecule has 5 nitrogen and oxygen atoms in total. The zero-order valence-electron chi connectivity index (χ0n) is 12.1. The van der Waals surface area contributed by atoms with E-state index in [1.807, 2.05) is 7.05 Å². The smallest absolute Gasteiger partial charge is 0.321 e. The first-order valence-electron chi connectivity index (χ1n) is 7.41. The van der Waals surface area contributed by atoms with Gasteiger partial charge in [0.25, 0.3) is 0 Å². The van der Waals surface area contributed by atoms with Crippen LogP contribution in [0.25, 0.3) is 0 Å². The first-order chi connectivity index (χ1) is 10.0. The lowest BCUT2D eigenvalue weighted by molar-refractivity contribution is -0.140. The summed E-state index contributed by atoms with van der Waals surface area (Å²) in [6, 6.07) is 7.42. The minimum absolute atomic E-state index is 0.105. The van der Waals surface area contributed by atoms with E-state index >= 15 is 0 Å². The zero-order valence-corrected chi connectivity index (χ0v) is 12.1. The summed E-state index contributed by atoms with van der Waals surface area (Å²) >= 11 is 0. The van der Waals surface area contributed by atoms with Crippen molar-refractivity contribution in [2.75, 3.05) is 12.4 Å². The van der Waals surface area contributed by atoms with Gasteiger partial charge < -0.3 is 15.3 Å². The molecule has 0 atom stereocenters. The summed E-state index contributed by atoms with van der Waals surface area (Å²) in [5, 5.41) is 12.1. The van der Waals surface area contributed by atoms with Crippen molar-refractivity contribution in [3.8, 4) is 0 Å². The molecule has 21 heavy (non-hydrogen) atoms. The molecule has 0 aromatic heterocycles. The number of carbonyl (C=O) groups is 2. The zero-order chi connectivity index (χ0) is 15.0. The van der Waals surface area contributed by atoms with Gasteiger partial charge in [-0.15, -0.1) is 0 Å². The average molecular weight is 288 g/mol. The number of nitrogens with zero attached hydrogens (tertiary/aromatic N) is 1. The molecule has 2 aliphatic carbocycles. The number of anilines is 1. The molecule has 0 heterocycles. The van der Waals surface area contributed by atoms with E-state index in [2.05, 4.69) is 5.32 Å². The van der Waals surface area contributed by atoms with Crippen molar-refractivity contribution in [3.05, 3.63) is 29.8 Å². The second-order valence-electron chi connectivity index (χ2n) is 6.09. The van der Waals surface area contributed by atoms with Crippen molar-refractivity contribution in [2.45, 2.75) is 43.6 Å². The van der Waals surface area contributed by atoms with E-state index in [9.17, 15) is 14.7 Å². The summed E-state index contributed by atoms with van der Waals surface area (Å²) in [5.41, 5.74) is 0.835. The largest absolute Gasteiger partial charge is 0.481 e. The lowest BCUT2D eigenvalue weighted by Gasteiger charge is -2.34. The van der Waals surface area contributed by atoms with Gasteiger partial charge in [-0.1, -0.05) is 12.1 Å². The van der Waals surface area contributed by atoms with Crippen molar-refractivity contribution in [1.29, 1.82) is 0 Å². The van der Waals surface area contributed by atoms with Crippen LogP contribution < -0.4 is 5.32 Å². The molecule has 2 aliphatic rings. The van der Waals surface area contributed by atoms with Gasteiger partial charge in [0, 0.05) is 18.8 Å². The Hall–Kier alpha value is -2.04. The predicted molar refractivity (Wildman–Crippen MR) is 79.4 cm³/mol. The van der Waals surface area contributed by atoms with E-state index in [1.54, 1.807) is 29.2 Å². The van der Waals surface area contributed by atoms with E-state index in [1.165, 1.54) is 6.42 Å². The van der Waals surface area contributed by atoms with Gasteiger partial charge >= 0.3 is 12.0 Å². The lowest BCUT2D eigenvalue weighted by atomic mass is 9.92. The minimum Gasteiger partial charge on any atom is -0.481 e. The summed E-state index contributed by atoms with van der Waals surface area (Å²) in [6.45, 7) is 0. The van der Waals surface area contributed by atoms with Crippen LogP contribution in [0.2, 0.25) is 0 Å². The van der Waals surface area contributed by atoms with Gasteiger partial charge in [-0.3, -0.25) is 4.79 Å². The topological polar surface area (TPSA) is 69.6 Å². The molecule has 1 aromatic rings. The molecule has 1 aromatic carbocycles. The number of carbonyl (C=O) groups excluding carboxylic acids is 1. The molecule has 2 fully saturated rings. The standard InChI is InChI=1S/C16H20N2O3/c1-18(13-3-2-4-13)15(21)17-12-7-5-11(6-8-12)16(9-10-16)14(19)20/h5-8,13H,2-4,9-10H2,1H3,(H,17,21)(H,19,20). The van der Waals surface area contributed by atoms with Crippen LogP contribution in [-0.2, 0) is 10.2 Å². The van der Waals surface area contributed by atoms with Crippen LogP contribution in [0.4, 0.5) is 10.5 Å². The quantitative estimate of drug-likeness (QED) is 0.895. The number of rotatable bonds is 4. The molecule has 0 aliphatic heterocycles. The molecule has 0 spiro atoms. The monoisotopic (exact) mass is 288 g/mol. The number of nitrogens with one attached hydrogen (secondary N) is 1. The SMILES string of the molecule is CN(C(=O)Nc1ccc(C2(C(=O)O)CC2)cc1)C1CCC1. The van der Waals surface area contributed by atoms with Gasteiger partial charge in [0.2, 0.25) is 0 Å². The Morgan fingerprint density at radius 1 is 1.24 bits per heavy atom. The highest BCUT2D eigenvalue weighted by Crippen LogP contribution is 2.48. The molecule has 5 heteroatoms. The molecular formula is C16H20N2O3. The van der Waals surface area contributed by atoms with Crippen LogP contribution in [0.3, 0.4) is 0 Å². The summed E-state index contributed by atoms with van der Waals surface area (Å²) < 4.78 is 0. The number of hydrogen-bond donors (Lipinski definition) is 2. The third-order valence-corrected chi connectivity index (χ3v) is 4.79. The molecule has 0 saturated heterocycles. The number of carboxylic acids is 1. The molecule has 0 radical (unpaired) electrons. The third kappa shape index (κ3) is 2.48. The number of amides is 2. The van der Waals surface area contributed by atoms with Gasteiger partial charge in [0.1, 0.15) is 0 Å². The second kappa shape index (κ2) is 5.06. The maximum atomic E-state index is 12.1. The van der Waals surface area contributed by atoms with Gasteiger partial charge in [0.05, 0.1) is 5.41 Å². The molecule has 2 saturated carbocycles. The van der Waals surface area contributed by atoms with E-state index in [-0.39, 0.29) is 6.03 Å². The number of carboxylic acid groups (broad SMARTS) is 1. The van der Waals surface area contributed by atoms with Crippen molar-refractivity contribution >= 4 is 17.7 Å². The number of aliphatic carboxylic acids is 1. The van der Waals surface area contributed by atoms with E-state index in [4.69, 9.17) is 0 Å². The number of benzene rings is 1. The fourth-order valence-electron chi connectivity index (χ4n) is 2.78. The van der Waals surface area contributed by atoms with E-state index < -0.39 is 11.4 Å². The van der Waals surface area contributed by atoms with Gasteiger partial charge in [-0.25, -0.2) is 4.79 Å². The first kappa shape index (κ1) is 13.9. The maximum absolute atomic E-state index is 12.1. The molecule has 0 unspecified atom stereocenters. The van der Waals surface area contributed by atoms with Crippen LogP contribution in [0.1, 0.15) is 37.7 Å². The van der Waals surface area contributed by atoms with Crippen molar-refractivity contribution in [1.82, 2.24) is 4.90 Å². The first-order valence-corrected chi connectivity index (χ1v) is 7.41. The Balaban J connectivity index is 1.64. The molecule has 2 N–H and O–H groups in total. The van der Waals surface area contributed by atoms with Crippen molar-refractivity contribution in [2.24, 2.45) is 0 Å². The Bertz CT molecular complexity index is 559. The maximum Gasteiger partial charge on any atom is 0.321 e. The number of hydrogen-bond acceptors (Lipinski definition) is 2. The Kier molecular flexibility index (Phi) is 3.35. The average Bonchev–Trinajstić information content (AvgIpc) is 3.19. The molecule has 112 valence electrons. The van der Waals surface area contributed by atoms with Crippen LogP contribution in [0, 0.1) is 0 Å². The fraction of sp³-hybridized carbons (Fsp3) is 0.500. The predicted octanol–water partition coefficient (Wildman–Crippen LogP) is 2.82. The molecule has 2 amide bonds. The summed E-state index contributed by atoms with van der Waals surface area (Å²) in [7, 11) is 1.82. The number of urea groups is 1. The normalized spacial score (nSPS) is 19.5. The van der Waals surface area contributed by atoms with Crippen molar-refractivity contribution in [3.63, 3.8) is 0 Å². The summed E-state index contributed by atoms with van der Waals surface area (Å²) in [4.78, 5) is 25.1. The van der Waals surface area contributed by atoms with Crippen LogP contribution >= 0.6 is 0 Å². The van der Waals surface area contributed by atoms with Crippen LogP contribution in [0.5, 0.6) is 0 Å². The van der Waals surface area contributed by atoms with E-state index in [0.717, 1.165) is 18.4 Å². The molecular weight excluding hydrogens is 268 g/mol. The molecule has 3 rings (SSSR count). The Morgan fingerprint density at radius 2 is 1.86 bits per heavy atom. The minimum atomic E-state index is -0.760. The van der Waals surface area contributed by atoms with E-state index in [0.29, 0.717) is 24.6 Å².